The van der Waals surface area contributed by atoms with Crippen molar-refractivity contribution in [1.82, 2.24) is 9.78 Å². The molecule has 4 rings (SSSR count). The number of fused-ring (bicyclic) bond motifs is 5. The number of anilines is 1. The fourth-order valence-electron chi connectivity index (χ4n) is 3.71. The summed E-state index contributed by atoms with van der Waals surface area (Å²) < 4.78 is 18.1. The Hall–Kier alpha value is -2.96. The lowest BCUT2D eigenvalue weighted by molar-refractivity contribution is 0.251. The van der Waals surface area contributed by atoms with E-state index in [1.807, 2.05) is 12.1 Å². The first-order valence-corrected chi connectivity index (χ1v) is 8.53. The zero-order valence-electron chi connectivity index (χ0n) is 14.9. The maximum Gasteiger partial charge on any atom is 0.311 e. The van der Waals surface area contributed by atoms with E-state index in [1.165, 1.54) is 10.2 Å². The molecule has 0 amide bonds. The lowest BCUT2D eigenvalue weighted by atomic mass is 9.91. The van der Waals surface area contributed by atoms with E-state index in [0.29, 0.717) is 24.7 Å². The van der Waals surface area contributed by atoms with E-state index in [4.69, 9.17) is 14.2 Å². The highest BCUT2D eigenvalue weighted by molar-refractivity contribution is 5.62. The molecule has 0 bridgehead atoms. The number of benzene rings is 1. The Morgan fingerprint density at radius 1 is 1.35 bits per heavy atom. The van der Waals surface area contributed by atoms with Crippen LogP contribution in [-0.2, 0) is 13.0 Å². The molecular formula is C19H21N3O4. The highest BCUT2D eigenvalue weighted by Crippen LogP contribution is 2.43. The normalized spacial score (nSPS) is 17.5. The molecule has 0 radical (unpaired) electrons. The van der Waals surface area contributed by atoms with Gasteiger partial charge in [0, 0.05) is 6.54 Å². The summed E-state index contributed by atoms with van der Waals surface area (Å²) in [4.78, 5) is 14.8. The summed E-state index contributed by atoms with van der Waals surface area (Å²) in [6.45, 7) is 5.21. The molecule has 1 atom stereocenters. The molecule has 0 saturated heterocycles. The Kier molecular flexibility index (Phi) is 4.06. The van der Waals surface area contributed by atoms with E-state index in [1.54, 1.807) is 26.5 Å². The maximum absolute atomic E-state index is 12.6. The molecule has 0 N–H and O–H groups in total. The van der Waals surface area contributed by atoms with Gasteiger partial charge in [-0.3, -0.25) is 4.79 Å². The number of ether oxygens (including phenoxy) is 3. The summed E-state index contributed by atoms with van der Waals surface area (Å²) >= 11 is 0. The molecule has 26 heavy (non-hydrogen) atoms. The fourth-order valence-corrected chi connectivity index (χ4v) is 3.71. The van der Waals surface area contributed by atoms with Crippen molar-refractivity contribution in [2.24, 2.45) is 0 Å². The largest absolute Gasteiger partial charge is 0.493 e. The second-order valence-corrected chi connectivity index (χ2v) is 6.31. The Labute approximate surface area is 151 Å². The number of rotatable bonds is 4. The van der Waals surface area contributed by atoms with Crippen LogP contribution in [0.15, 0.2) is 35.8 Å². The molecule has 7 nitrogen and oxygen atoms in total. The van der Waals surface area contributed by atoms with E-state index < -0.39 is 0 Å². The quantitative estimate of drug-likeness (QED) is 0.781. The van der Waals surface area contributed by atoms with Crippen LogP contribution in [0.2, 0.25) is 0 Å². The monoisotopic (exact) mass is 355 g/mol. The smallest absolute Gasteiger partial charge is 0.311 e. The zero-order valence-corrected chi connectivity index (χ0v) is 14.9. The van der Waals surface area contributed by atoms with Gasteiger partial charge >= 0.3 is 5.56 Å². The maximum atomic E-state index is 12.6. The van der Waals surface area contributed by atoms with E-state index in [-0.39, 0.29) is 11.6 Å². The fraction of sp³-hybridized carbons (Fsp3) is 0.368. The molecule has 0 aliphatic carbocycles. The number of nitrogens with zero attached hydrogens (tertiary/aromatic N) is 3. The van der Waals surface area contributed by atoms with E-state index in [9.17, 15) is 4.79 Å². The molecule has 7 heteroatoms. The SMILES string of the molecule is C=CCn1ncc2c(c1=O)OCC1c3cc(OC)c(OC)cc3CCN21. The van der Waals surface area contributed by atoms with Crippen LogP contribution in [0.3, 0.4) is 0 Å². The van der Waals surface area contributed by atoms with Crippen LogP contribution in [-0.4, -0.2) is 37.2 Å². The first-order valence-electron chi connectivity index (χ1n) is 8.53. The minimum Gasteiger partial charge on any atom is -0.493 e. The van der Waals surface area contributed by atoms with Crippen LogP contribution < -0.4 is 24.7 Å². The summed E-state index contributed by atoms with van der Waals surface area (Å²) in [5, 5.41) is 4.26. The Morgan fingerprint density at radius 3 is 2.85 bits per heavy atom. The van der Waals surface area contributed by atoms with Crippen molar-refractivity contribution in [2.75, 3.05) is 32.3 Å². The lowest BCUT2D eigenvalue weighted by Crippen LogP contribution is -2.43. The van der Waals surface area contributed by atoms with Crippen molar-refractivity contribution in [1.29, 1.82) is 0 Å². The third-order valence-electron chi connectivity index (χ3n) is 4.98. The third-order valence-corrected chi connectivity index (χ3v) is 4.98. The van der Waals surface area contributed by atoms with E-state index >= 15 is 0 Å². The van der Waals surface area contributed by atoms with Gasteiger partial charge in [0.25, 0.3) is 0 Å². The number of hydrogen-bond donors (Lipinski definition) is 0. The average Bonchev–Trinajstić information content (AvgIpc) is 2.68. The minimum atomic E-state index is -0.223. The van der Waals surface area contributed by atoms with Gasteiger partial charge < -0.3 is 19.1 Å². The second-order valence-electron chi connectivity index (χ2n) is 6.31. The molecule has 2 aliphatic rings. The first kappa shape index (κ1) is 16.5. The minimum absolute atomic E-state index is 0.0162. The molecule has 3 heterocycles. The van der Waals surface area contributed by atoms with Crippen molar-refractivity contribution in [3.05, 3.63) is 52.5 Å². The number of hydrogen-bond acceptors (Lipinski definition) is 6. The van der Waals surface area contributed by atoms with Crippen LogP contribution in [0.4, 0.5) is 5.69 Å². The molecule has 0 spiro atoms. The van der Waals surface area contributed by atoms with Crippen molar-refractivity contribution >= 4 is 5.69 Å². The lowest BCUT2D eigenvalue weighted by Gasteiger charge is -2.42. The van der Waals surface area contributed by atoms with Gasteiger partial charge in [-0.05, 0) is 29.7 Å². The van der Waals surface area contributed by atoms with Crippen molar-refractivity contribution in [3.63, 3.8) is 0 Å². The van der Waals surface area contributed by atoms with Crippen LogP contribution in [0.1, 0.15) is 17.2 Å². The first-order chi connectivity index (χ1) is 12.7. The number of aromatic nitrogens is 2. The molecule has 0 fully saturated rings. The third kappa shape index (κ3) is 2.42. The molecular weight excluding hydrogens is 334 g/mol. The van der Waals surface area contributed by atoms with Gasteiger partial charge in [-0.2, -0.15) is 5.10 Å². The highest BCUT2D eigenvalue weighted by Gasteiger charge is 2.36. The van der Waals surface area contributed by atoms with E-state index in [2.05, 4.69) is 16.6 Å². The molecule has 1 unspecified atom stereocenters. The van der Waals surface area contributed by atoms with Crippen molar-refractivity contribution < 1.29 is 14.2 Å². The van der Waals surface area contributed by atoms with E-state index in [0.717, 1.165) is 30.0 Å². The van der Waals surface area contributed by atoms with Crippen LogP contribution >= 0.6 is 0 Å². The van der Waals surface area contributed by atoms with Gasteiger partial charge in [-0.1, -0.05) is 6.08 Å². The van der Waals surface area contributed by atoms with Gasteiger partial charge in [0.15, 0.2) is 11.5 Å². The number of methoxy groups -OCH3 is 2. The Morgan fingerprint density at radius 2 is 2.12 bits per heavy atom. The molecule has 136 valence electrons. The summed E-state index contributed by atoms with van der Waals surface area (Å²) in [5.74, 6) is 1.78. The molecule has 1 aromatic carbocycles. The zero-order chi connectivity index (χ0) is 18.3. The summed E-state index contributed by atoms with van der Waals surface area (Å²) in [6.07, 6.45) is 4.20. The Bertz CT molecular complexity index is 922. The second kappa shape index (κ2) is 6.40. The predicted molar refractivity (Wildman–Crippen MR) is 97.5 cm³/mol. The summed E-state index contributed by atoms with van der Waals surface area (Å²) in [5.41, 5.74) is 2.87. The van der Waals surface area contributed by atoms with Gasteiger partial charge in [-0.15, -0.1) is 6.58 Å². The Balaban J connectivity index is 1.77. The standard InChI is InChI=1S/C19H21N3O4/c1-4-6-22-19(23)18-14(10-20-22)21-7-5-12-8-16(24-2)17(25-3)9-13(12)15(21)11-26-18/h4,8-10,15H,1,5-7,11H2,2-3H3. The molecule has 0 saturated carbocycles. The summed E-state index contributed by atoms with van der Waals surface area (Å²) in [7, 11) is 3.27. The molecule has 2 aliphatic heterocycles. The van der Waals surface area contributed by atoms with Crippen LogP contribution in [0, 0.1) is 0 Å². The summed E-state index contributed by atoms with van der Waals surface area (Å²) in [6, 6.07) is 4.05. The van der Waals surface area contributed by atoms with Crippen molar-refractivity contribution in [2.45, 2.75) is 19.0 Å². The van der Waals surface area contributed by atoms with Gasteiger partial charge in [-0.25, -0.2) is 4.68 Å². The number of allylic oxidation sites excluding steroid dienone is 1. The van der Waals surface area contributed by atoms with Crippen molar-refractivity contribution in [3.8, 4) is 17.2 Å². The average molecular weight is 355 g/mol. The topological polar surface area (TPSA) is 65.8 Å². The predicted octanol–water partition coefficient (Wildman–Crippen LogP) is 1.94. The van der Waals surface area contributed by atoms with Crippen LogP contribution in [0.25, 0.3) is 0 Å². The highest BCUT2D eigenvalue weighted by atomic mass is 16.5. The van der Waals surface area contributed by atoms with Gasteiger partial charge in [0.2, 0.25) is 5.75 Å². The van der Waals surface area contributed by atoms with Gasteiger partial charge in [0.1, 0.15) is 12.3 Å². The molecule has 2 aromatic rings. The van der Waals surface area contributed by atoms with Crippen LogP contribution in [0.5, 0.6) is 17.2 Å². The molecule has 1 aromatic heterocycles. The van der Waals surface area contributed by atoms with Gasteiger partial charge in [0.05, 0.1) is 33.0 Å².